The molecule has 122 valence electrons. The fourth-order valence-electron chi connectivity index (χ4n) is 2.25. The van der Waals surface area contributed by atoms with Crippen molar-refractivity contribution in [3.05, 3.63) is 68.9 Å². The van der Waals surface area contributed by atoms with Crippen LogP contribution in [0.2, 0.25) is 15.1 Å². The molecule has 7 heteroatoms. The van der Waals surface area contributed by atoms with Crippen molar-refractivity contribution in [3.63, 3.8) is 0 Å². The highest BCUT2D eigenvalue weighted by molar-refractivity contribution is 6.37. The summed E-state index contributed by atoms with van der Waals surface area (Å²) in [5, 5.41) is 8.01. The number of hydrogen-bond acceptors (Lipinski definition) is 3. The maximum absolute atomic E-state index is 12.7. The van der Waals surface area contributed by atoms with Crippen molar-refractivity contribution in [2.75, 3.05) is 5.32 Å². The minimum atomic E-state index is -0.395. The minimum Gasteiger partial charge on any atom is -0.360 e. The molecule has 3 aromatic rings. The zero-order valence-corrected chi connectivity index (χ0v) is 14.7. The monoisotopic (exact) mass is 380 g/mol. The number of aryl methyl sites for hydroxylation is 1. The van der Waals surface area contributed by atoms with E-state index in [4.69, 9.17) is 39.3 Å². The van der Waals surface area contributed by atoms with Crippen LogP contribution in [0.4, 0.5) is 5.69 Å². The number of amides is 1. The van der Waals surface area contributed by atoms with Gasteiger partial charge in [-0.05, 0) is 31.2 Å². The molecule has 4 nitrogen and oxygen atoms in total. The van der Waals surface area contributed by atoms with Gasteiger partial charge < -0.3 is 9.84 Å². The number of anilines is 1. The van der Waals surface area contributed by atoms with Crippen LogP contribution in [0.1, 0.15) is 16.1 Å². The zero-order valence-electron chi connectivity index (χ0n) is 12.4. The molecule has 1 amide bonds. The fourth-order valence-corrected chi connectivity index (χ4v) is 2.93. The Morgan fingerprint density at radius 1 is 1.08 bits per heavy atom. The highest BCUT2D eigenvalue weighted by Crippen LogP contribution is 2.32. The van der Waals surface area contributed by atoms with Gasteiger partial charge in [-0.15, -0.1) is 0 Å². The standard InChI is InChI=1S/C17H11Cl3N2O2/c1-9-15(16(22-24-9)11-4-2-3-5-12(11)19)17(23)21-14-7-6-10(18)8-13(14)20/h2-8H,1H3,(H,21,23). The average molecular weight is 382 g/mol. The molecule has 0 radical (unpaired) electrons. The van der Waals surface area contributed by atoms with Crippen molar-refractivity contribution in [2.24, 2.45) is 0 Å². The fraction of sp³-hybridized carbons (Fsp3) is 0.0588. The van der Waals surface area contributed by atoms with Gasteiger partial charge in [0.2, 0.25) is 0 Å². The molecule has 0 spiro atoms. The average Bonchev–Trinajstić information content (AvgIpc) is 2.92. The Morgan fingerprint density at radius 2 is 1.83 bits per heavy atom. The summed E-state index contributed by atoms with van der Waals surface area (Å²) in [4.78, 5) is 12.7. The van der Waals surface area contributed by atoms with Crippen molar-refractivity contribution in [2.45, 2.75) is 6.92 Å². The lowest BCUT2D eigenvalue weighted by molar-refractivity contribution is 0.102. The van der Waals surface area contributed by atoms with Crippen LogP contribution in [0.15, 0.2) is 47.0 Å². The van der Waals surface area contributed by atoms with Crippen molar-refractivity contribution in [1.29, 1.82) is 0 Å². The molecule has 0 bridgehead atoms. The van der Waals surface area contributed by atoms with Crippen molar-refractivity contribution < 1.29 is 9.32 Å². The van der Waals surface area contributed by atoms with Crippen LogP contribution < -0.4 is 5.32 Å². The van der Waals surface area contributed by atoms with Gasteiger partial charge in [0.05, 0.1) is 15.7 Å². The van der Waals surface area contributed by atoms with Crippen LogP contribution in [-0.2, 0) is 0 Å². The predicted octanol–water partition coefficient (Wildman–Crippen LogP) is 5.86. The Kier molecular flexibility index (Phi) is 4.81. The van der Waals surface area contributed by atoms with Gasteiger partial charge in [-0.1, -0.05) is 58.2 Å². The van der Waals surface area contributed by atoms with Crippen LogP contribution in [0, 0.1) is 6.92 Å². The van der Waals surface area contributed by atoms with Gasteiger partial charge in [-0.2, -0.15) is 0 Å². The van der Waals surface area contributed by atoms with Gasteiger partial charge in [-0.25, -0.2) is 0 Å². The smallest absolute Gasteiger partial charge is 0.261 e. The van der Waals surface area contributed by atoms with Crippen LogP contribution >= 0.6 is 34.8 Å². The van der Waals surface area contributed by atoms with Crippen molar-refractivity contribution in [3.8, 4) is 11.3 Å². The van der Waals surface area contributed by atoms with Gasteiger partial charge in [0.15, 0.2) is 0 Å². The number of nitrogens with one attached hydrogen (secondary N) is 1. The van der Waals surface area contributed by atoms with Crippen LogP contribution in [0.5, 0.6) is 0 Å². The molecule has 0 atom stereocenters. The predicted molar refractivity (Wildman–Crippen MR) is 96.1 cm³/mol. The Morgan fingerprint density at radius 3 is 2.54 bits per heavy atom. The molecule has 24 heavy (non-hydrogen) atoms. The number of nitrogens with zero attached hydrogens (tertiary/aromatic N) is 1. The van der Waals surface area contributed by atoms with Gasteiger partial charge >= 0.3 is 0 Å². The van der Waals surface area contributed by atoms with Crippen LogP contribution in [0.3, 0.4) is 0 Å². The third-order valence-corrected chi connectivity index (χ3v) is 4.28. The summed E-state index contributed by atoms with van der Waals surface area (Å²) >= 11 is 18.2. The van der Waals surface area contributed by atoms with Crippen molar-refractivity contribution in [1.82, 2.24) is 5.16 Å². The van der Waals surface area contributed by atoms with E-state index >= 15 is 0 Å². The van der Waals surface area contributed by atoms with Crippen LogP contribution in [0.25, 0.3) is 11.3 Å². The Labute approximate surface area is 153 Å². The molecule has 0 saturated heterocycles. The van der Waals surface area contributed by atoms with Gasteiger partial charge in [0, 0.05) is 10.6 Å². The molecule has 1 aromatic heterocycles. The molecule has 0 unspecified atom stereocenters. The highest BCUT2D eigenvalue weighted by Gasteiger charge is 2.23. The second-order valence-electron chi connectivity index (χ2n) is 5.02. The lowest BCUT2D eigenvalue weighted by Crippen LogP contribution is -2.13. The first-order chi connectivity index (χ1) is 11.5. The van der Waals surface area contributed by atoms with Crippen molar-refractivity contribution >= 4 is 46.4 Å². The molecule has 0 aliphatic heterocycles. The number of rotatable bonds is 3. The van der Waals surface area contributed by atoms with E-state index < -0.39 is 5.91 Å². The van der Waals surface area contributed by atoms with E-state index in [1.54, 1.807) is 43.3 Å². The zero-order chi connectivity index (χ0) is 17.3. The van der Waals surface area contributed by atoms with E-state index in [1.165, 1.54) is 0 Å². The Bertz CT molecular complexity index is 922. The van der Waals surface area contributed by atoms with E-state index in [2.05, 4.69) is 10.5 Å². The molecule has 2 aromatic carbocycles. The summed E-state index contributed by atoms with van der Waals surface area (Å²) in [6, 6.07) is 11.9. The Balaban J connectivity index is 1.99. The molecule has 1 N–H and O–H groups in total. The van der Waals surface area contributed by atoms with E-state index in [9.17, 15) is 4.79 Å². The molecular formula is C17H11Cl3N2O2. The third kappa shape index (κ3) is 3.26. The number of carbonyl (C=O) groups is 1. The van der Waals surface area contributed by atoms with E-state index in [0.717, 1.165) is 0 Å². The first-order valence-electron chi connectivity index (χ1n) is 6.95. The quantitative estimate of drug-likeness (QED) is 0.618. The summed E-state index contributed by atoms with van der Waals surface area (Å²) in [5.74, 6) is -0.0135. The van der Waals surface area contributed by atoms with Gasteiger partial charge in [-0.3, -0.25) is 4.79 Å². The summed E-state index contributed by atoms with van der Waals surface area (Å²) in [5.41, 5.74) is 1.73. The molecule has 0 saturated carbocycles. The second kappa shape index (κ2) is 6.85. The van der Waals surface area contributed by atoms with Gasteiger partial charge in [0.1, 0.15) is 17.0 Å². The second-order valence-corrected chi connectivity index (χ2v) is 6.27. The normalized spacial score (nSPS) is 10.7. The molecule has 0 aliphatic carbocycles. The number of benzene rings is 2. The number of hydrogen-bond donors (Lipinski definition) is 1. The first kappa shape index (κ1) is 16.8. The highest BCUT2D eigenvalue weighted by atomic mass is 35.5. The van der Waals surface area contributed by atoms with Gasteiger partial charge in [0.25, 0.3) is 5.91 Å². The Hall–Kier alpha value is -2.01. The summed E-state index contributed by atoms with van der Waals surface area (Å²) in [6.45, 7) is 1.66. The maximum Gasteiger partial charge on any atom is 0.261 e. The lowest BCUT2D eigenvalue weighted by atomic mass is 10.1. The first-order valence-corrected chi connectivity index (χ1v) is 8.08. The summed E-state index contributed by atoms with van der Waals surface area (Å²) in [7, 11) is 0. The molecule has 3 rings (SSSR count). The summed E-state index contributed by atoms with van der Waals surface area (Å²) < 4.78 is 5.19. The molecular weight excluding hydrogens is 371 g/mol. The maximum atomic E-state index is 12.7. The number of aromatic nitrogens is 1. The van der Waals surface area contributed by atoms with E-state index in [0.29, 0.717) is 43.3 Å². The summed E-state index contributed by atoms with van der Waals surface area (Å²) in [6.07, 6.45) is 0. The van der Waals surface area contributed by atoms with Crippen LogP contribution in [-0.4, -0.2) is 11.1 Å². The van der Waals surface area contributed by atoms with E-state index in [1.807, 2.05) is 6.07 Å². The van der Waals surface area contributed by atoms with E-state index in [-0.39, 0.29) is 0 Å². The molecule has 0 fully saturated rings. The topological polar surface area (TPSA) is 55.1 Å². The minimum absolute atomic E-state index is 0.300. The molecule has 1 heterocycles. The number of halogens is 3. The number of carbonyl (C=O) groups excluding carboxylic acids is 1. The molecule has 0 aliphatic rings. The SMILES string of the molecule is Cc1onc(-c2ccccc2Cl)c1C(=O)Nc1ccc(Cl)cc1Cl. The lowest BCUT2D eigenvalue weighted by Gasteiger charge is -2.08. The largest absolute Gasteiger partial charge is 0.360 e. The third-order valence-electron chi connectivity index (χ3n) is 3.40.